The molecule has 106 valence electrons. The molecule has 0 saturated carbocycles. The van der Waals surface area contributed by atoms with Crippen molar-refractivity contribution in [3.8, 4) is 0 Å². The van der Waals surface area contributed by atoms with E-state index < -0.39 is 0 Å². The first-order chi connectivity index (χ1) is 9.24. The van der Waals surface area contributed by atoms with E-state index in [1.807, 2.05) is 6.92 Å². The second kappa shape index (κ2) is 6.65. The van der Waals surface area contributed by atoms with Crippen LogP contribution in [-0.4, -0.2) is 51.8 Å². The van der Waals surface area contributed by atoms with E-state index in [-0.39, 0.29) is 17.8 Å². The largest absolute Gasteiger partial charge is 0.377 e. The molecule has 0 radical (unpaired) electrons. The number of hydrogen-bond donors (Lipinski definition) is 1. The zero-order valence-electron chi connectivity index (χ0n) is 11.7. The van der Waals surface area contributed by atoms with E-state index in [2.05, 4.69) is 22.1 Å². The third-order valence-electron chi connectivity index (χ3n) is 3.28. The van der Waals surface area contributed by atoms with Gasteiger partial charge in [-0.2, -0.15) is 0 Å². The van der Waals surface area contributed by atoms with Crippen molar-refractivity contribution in [2.24, 2.45) is 0 Å². The van der Waals surface area contributed by atoms with E-state index in [1.165, 1.54) is 0 Å². The number of carbonyl (C=O) groups excluding carboxylic acids is 1. The molecule has 0 aliphatic carbocycles. The number of amides is 1. The van der Waals surface area contributed by atoms with Gasteiger partial charge in [0.05, 0.1) is 6.10 Å². The van der Waals surface area contributed by atoms with Crippen molar-refractivity contribution in [3.05, 3.63) is 11.6 Å². The van der Waals surface area contributed by atoms with Crippen LogP contribution in [0.15, 0.2) is 0 Å². The van der Waals surface area contributed by atoms with Crippen molar-refractivity contribution in [1.82, 2.24) is 20.1 Å². The van der Waals surface area contributed by atoms with Gasteiger partial charge in [-0.05, 0) is 26.2 Å². The summed E-state index contributed by atoms with van der Waals surface area (Å²) in [6.07, 6.45) is 3.95. The molecule has 1 aliphatic heterocycles. The second-order valence-corrected chi connectivity index (χ2v) is 4.83. The third-order valence-corrected chi connectivity index (χ3v) is 3.28. The molecule has 1 aromatic heterocycles. The Balaban J connectivity index is 1.97. The number of aryl methyl sites for hydroxylation is 1. The zero-order valence-corrected chi connectivity index (χ0v) is 11.7. The number of carbonyl (C=O) groups is 1. The van der Waals surface area contributed by atoms with E-state index in [0.717, 1.165) is 38.1 Å². The van der Waals surface area contributed by atoms with Crippen LogP contribution in [0.5, 0.6) is 0 Å². The van der Waals surface area contributed by atoms with Gasteiger partial charge in [0.15, 0.2) is 0 Å². The number of H-pyrrole nitrogens is 1. The molecule has 0 aromatic carbocycles. The summed E-state index contributed by atoms with van der Waals surface area (Å²) in [7, 11) is 0. The third kappa shape index (κ3) is 3.53. The highest BCUT2D eigenvalue weighted by atomic mass is 16.5. The summed E-state index contributed by atoms with van der Waals surface area (Å²) in [6.45, 7) is 6.15. The minimum Gasteiger partial charge on any atom is -0.377 e. The Morgan fingerprint density at radius 1 is 1.53 bits per heavy atom. The summed E-state index contributed by atoms with van der Waals surface area (Å²) < 4.78 is 5.60. The monoisotopic (exact) mass is 266 g/mol. The van der Waals surface area contributed by atoms with Gasteiger partial charge in [0.25, 0.3) is 5.91 Å². The maximum absolute atomic E-state index is 12.3. The SMILES string of the molecule is CCCc1nc(C(=O)N2CCCC(OCC)C2)n[nH]1. The summed E-state index contributed by atoms with van der Waals surface area (Å²) in [5.41, 5.74) is 0. The fourth-order valence-corrected chi connectivity index (χ4v) is 2.38. The number of aromatic amines is 1. The minimum atomic E-state index is -0.0944. The number of piperidine rings is 1. The quantitative estimate of drug-likeness (QED) is 0.874. The Morgan fingerprint density at radius 2 is 2.37 bits per heavy atom. The highest BCUT2D eigenvalue weighted by molar-refractivity contribution is 5.90. The summed E-state index contributed by atoms with van der Waals surface area (Å²) >= 11 is 0. The van der Waals surface area contributed by atoms with E-state index in [9.17, 15) is 4.79 Å². The van der Waals surface area contributed by atoms with Gasteiger partial charge in [-0.25, -0.2) is 4.98 Å². The first kappa shape index (κ1) is 14.0. The van der Waals surface area contributed by atoms with E-state index >= 15 is 0 Å². The van der Waals surface area contributed by atoms with Crippen molar-refractivity contribution in [1.29, 1.82) is 0 Å². The molecule has 19 heavy (non-hydrogen) atoms. The van der Waals surface area contributed by atoms with Gasteiger partial charge >= 0.3 is 0 Å². The predicted octanol–water partition coefficient (Wildman–Crippen LogP) is 1.40. The van der Waals surface area contributed by atoms with Crippen LogP contribution in [0.3, 0.4) is 0 Å². The molecule has 1 atom stereocenters. The molecule has 0 spiro atoms. The lowest BCUT2D eigenvalue weighted by atomic mass is 10.1. The molecule has 2 heterocycles. The lowest BCUT2D eigenvalue weighted by Gasteiger charge is -2.31. The number of likely N-dealkylation sites (tertiary alicyclic amines) is 1. The van der Waals surface area contributed by atoms with Crippen LogP contribution in [0.2, 0.25) is 0 Å². The number of nitrogens with one attached hydrogen (secondary N) is 1. The summed E-state index contributed by atoms with van der Waals surface area (Å²) in [6, 6.07) is 0. The fraction of sp³-hybridized carbons (Fsp3) is 0.769. The maximum atomic E-state index is 12.3. The second-order valence-electron chi connectivity index (χ2n) is 4.83. The molecule has 6 nitrogen and oxygen atoms in total. The molecule has 1 amide bonds. The predicted molar refractivity (Wildman–Crippen MR) is 70.9 cm³/mol. The van der Waals surface area contributed by atoms with Crippen LogP contribution >= 0.6 is 0 Å². The first-order valence-corrected chi connectivity index (χ1v) is 7.06. The lowest BCUT2D eigenvalue weighted by molar-refractivity contribution is 0.00682. The van der Waals surface area contributed by atoms with Gasteiger partial charge in [-0.15, -0.1) is 5.10 Å². The Labute approximate surface area is 113 Å². The van der Waals surface area contributed by atoms with Gasteiger partial charge < -0.3 is 9.64 Å². The average Bonchev–Trinajstić information content (AvgIpc) is 2.88. The van der Waals surface area contributed by atoms with Crippen LogP contribution in [0.25, 0.3) is 0 Å². The van der Waals surface area contributed by atoms with Crippen LogP contribution in [0.4, 0.5) is 0 Å². The average molecular weight is 266 g/mol. The standard InChI is InChI=1S/C13H22N4O2/c1-3-6-11-14-12(16-15-11)13(18)17-8-5-7-10(9-17)19-4-2/h10H,3-9H2,1-2H3,(H,14,15,16). The fourth-order valence-electron chi connectivity index (χ4n) is 2.38. The summed E-state index contributed by atoms with van der Waals surface area (Å²) in [5, 5.41) is 6.84. The van der Waals surface area contributed by atoms with E-state index in [0.29, 0.717) is 13.2 Å². The van der Waals surface area contributed by atoms with E-state index in [1.54, 1.807) is 4.90 Å². The normalized spacial score (nSPS) is 19.7. The van der Waals surface area contributed by atoms with Gasteiger partial charge in [-0.3, -0.25) is 9.89 Å². The first-order valence-electron chi connectivity index (χ1n) is 7.06. The highest BCUT2D eigenvalue weighted by Crippen LogP contribution is 2.15. The van der Waals surface area contributed by atoms with Gasteiger partial charge in [-0.1, -0.05) is 6.92 Å². The van der Waals surface area contributed by atoms with E-state index in [4.69, 9.17) is 4.74 Å². The lowest BCUT2D eigenvalue weighted by Crippen LogP contribution is -2.43. The Kier molecular flexibility index (Phi) is 4.90. The molecule has 1 aromatic rings. The molecule has 1 saturated heterocycles. The van der Waals surface area contributed by atoms with Gasteiger partial charge in [0, 0.05) is 26.1 Å². The smallest absolute Gasteiger partial charge is 0.293 e. The van der Waals surface area contributed by atoms with Gasteiger partial charge in [0.1, 0.15) is 5.82 Å². The van der Waals surface area contributed by atoms with Crippen LogP contribution in [0.1, 0.15) is 49.6 Å². The zero-order chi connectivity index (χ0) is 13.7. The molecular weight excluding hydrogens is 244 g/mol. The molecule has 1 aliphatic rings. The number of aromatic nitrogens is 3. The summed E-state index contributed by atoms with van der Waals surface area (Å²) in [4.78, 5) is 18.3. The van der Waals surface area contributed by atoms with Gasteiger partial charge in [0.2, 0.25) is 5.82 Å². The molecule has 1 N–H and O–H groups in total. The Hall–Kier alpha value is -1.43. The topological polar surface area (TPSA) is 71.1 Å². The highest BCUT2D eigenvalue weighted by Gasteiger charge is 2.26. The summed E-state index contributed by atoms with van der Waals surface area (Å²) in [5.74, 6) is 0.966. The van der Waals surface area contributed by atoms with Crippen LogP contribution in [0, 0.1) is 0 Å². The number of ether oxygens (including phenoxy) is 1. The molecule has 2 rings (SSSR count). The minimum absolute atomic E-state index is 0.0944. The molecule has 1 unspecified atom stereocenters. The number of rotatable bonds is 5. The van der Waals surface area contributed by atoms with Crippen molar-refractivity contribution < 1.29 is 9.53 Å². The number of hydrogen-bond acceptors (Lipinski definition) is 4. The molecule has 6 heteroatoms. The maximum Gasteiger partial charge on any atom is 0.293 e. The molecule has 1 fully saturated rings. The van der Waals surface area contributed by atoms with Crippen molar-refractivity contribution in [2.45, 2.75) is 45.6 Å². The Morgan fingerprint density at radius 3 is 3.11 bits per heavy atom. The van der Waals surface area contributed by atoms with Crippen molar-refractivity contribution >= 4 is 5.91 Å². The molecule has 0 bridgehead atoms. The van der Waals surface area contributed by atoms with Crippen LogP contribution < -0.4 is 0 Å². The van der Waals surface area contributed by atoms with Crippen LogP contribution in [-0.2, 0) is 11.2 Å². The van der Waals surface area contributed by atoms with Crippen molar-refractivity contribution in [2.75, 3.05) is 19.7 Å². The molecular formula is C13H22N4O2. The number of nitrogens with zero attached hydrogens (tertiary/aromatic N) is 3. The Bertz CT molecular complexity index is 417. The van der Waals surface area contributed by atoms with Crippen molar-refractivity contribution in [3.63, 3.8) is 0 Å².